The van der Waals surface area contributed by atoms with Gasteiger partial charge in [0, 0.05) is 5.56 Å². The van der Waals surface area contributed by atoms with E-state index in [-0.39, 0.29) is 9.79 Å². The van der Waals surface area contributed by atoms with Crippen LogP contribution in [-0.2, 0) is 12.0 Å². The fourth-order valence-corrected chi connectivity index (χ4v) is 4.63. The van der Waals surface area contributed by atoms with Crippen LogP contribution in [0, 0.1) is 0 Å². The lowest BCUT2D eigenvalue weighted by Gasteiger charge is -2.17. The van der Waals surface area contributed by atoms with Crippen molar-refractivity contribution in [2.24, 2.45) is 0 Å². The first-order valence-electron chi connectivity index (χ1n) is 5.30. The van der Waals surface area contributed by atoms with Gasteiger partial charge in [0.05, 0.1) is 9.79 Å². The van der Waals surface area contributed by atoms with Gasteiger partial charge in [-0.3, -0.25) is 0 Å². The summed E-state index contributed by atoms with van der Waals surface area (Å²) in [4.78, 5) is 0.533. The molecule has 19 heavy (non-hydrogen) atoms. The Hall–Kier alpha value is -0.170. The van der Waals surface area contributed by atoms with Crippen LogP contribution in [0.2, 0.25) is 0 Å². The van der Waals surface area contributed by atoms with Crippen LogP contribution in [-0.4, -0.2) is 8.42 Å². The molecule has 2 aromatic carbocycles. The molecule has 0 aromatic heterocycles. The topological polar surface area (TPSA) is 34.1 Å². The van der Waals surface area contributed by atoms with Gasteiger partial charge in [0.2, 0.25) is 9.84 Å². The number of rotatable bonds is 2. The van der Waals surface area contributed by atoms with Crippen molar-refractivity contribution in [3.8, 4) is 0 Å². The van der Waals surface area contributed by atoms with Crippen molar-refractivity contribution in [3.05, 3.63) is 60.2 Å². The first kappa shape index (κ1) is 15.2. The summed E-state index contributed by atoms with van der Waals surface area (Å²) >= 11 is 10.1. The van der Waals surface area contributed by atoms with Gasteiger partial charge < -0.3 is 0 Å². The van der Waals surface area contributed by atoms with Crippen molar-refractivity contribution in [1.29, 1.82) is 0 Å². The summed E-state index contributed by atoms with van der Waals surface area (Å²) in [6.45, 7) is 0. The van der Waals surface area contributed by atoms with Gasteiger partial charge in [0.15, 0.2) is 2.14 Å². The van der Waals surface area contributed by atoms with E-state index in [1.165, 1.54) is 0 Å². The van der Waals surface area contributed by atoms with E-state index in [1.807, 2.05) is 0 Å². The third kappa shape index (κ3) is 3.29. The molecule has 0 aliphatic rings. The van der Waals surface area contributed by atoms with Gasteiger partial charge in [-0.1, -0.05) is 84.2 Å². The summed E-state index contributed by atoms with van der Waals surface area (Å²) in [5, 5.41) is 0. The van der Waals surface area contributed by atoms with Crippen molar-refractivity contribution < 1.29 is 8.42 Å². The molecule has 0 spiro atoms. The van der Waals surface area contributed by atoms with Crippen LogP contribution >= 0.6 is 47.8 Å². The van der Waals surface area contributed by atoms with Crippen LogP contribution in [0.25, 0.3) is 0 Å². The molecule has 0 radical (unpaired) electrons. The molecule has 6 heteroatoms. The van der Waals surface area contributed by atoms with Crippen LogP contribution in [0.1, 0.15) is 5.56 Å². The number of alkyl halides is 3. The molecule has 100 valence electrons. The third-order valence-corrected chi connectivity index (χ3v) is 5.64. The summed E-state index contributed by atoms with van der Waals surface area (Å²) in [6.07, 6.45) is 0. The SMILES string of the molecule is O=S(=O)(c1ccccc1)c1ccccc1C(Br)(Br)Br. The van der Waals surface area contributed by atoms with Crippen molar-refractivity contribution in [1.82, 2.24) is 0 Å². The molecule has 0 aliphatic carbocycles. The second-order valence-corrected chi connectivity index (χ2v) is 12.5. The van der Waals surface area contributed by atoms with E-state index in [4.69, 9.17) is 0 Å². The summed E-state index contributed by atoms with van der Waals surface area (Å²) in [7, 11) is -3.54. The normalized spacial score (nSPS) is 12.4. The standard InChI is InChI=1S/C13H9Br3O2S/c14-13(15,16)11-8-4-5-9-12(11)19(17,18)10-6-2-1-3-7-10/h1-9H. The van der Waals surface area contributed by atoms with Crippen LogP contribution in [0.15, 0.2) is 64.4 Å². The highest BCUT2D eigenvalue weighted by molar-refractivity contribution is 9.38. The summed E-state index contributed by atoms with van der Waals surface area (Å²) in [5.74, 6) is 0. The molecule has 0 heterocycles. The minimum absolute atomic E-state index is 0.256. The lowest BCUT2D eigenvalue weighted by molar-refractivity contribution is 0.595. The molecule has 0 unspecified atom stereocenters. The fourth-order valence-electron chi connectivity index (χ4n) is 1.66. The molecule has 0 fully saturated rings. The maximum Gasteiger partial charge on any atom is 0.206 e. The van der Waals surface area contributed by atoms with E-state index in [0.29, 0.717) is 5.56 Å². The Kier molecular flexibility index (Phi) is 4.55. The Morgan fingerprint density at radius 1 is 0.789 bits per heavy atom. The Morgan fingerprint density at radius 3 is 1.89 bits per heavy atom. The molecular weight excluding hydrogens is 460 g/mol. The molecule has 0 N–H and O–H groups in total. The number of hydrogen-bond donors (Lipinski definition) is 0. The van der Waals surface area contributed by atoms with Gasteiger partial charge >= 0.3 is 0 Å². The lowest BCUT2D eigenvalue weighted by atomic mass is 10.2. The second kappa shape index (κ2) is 5.68. The van der Waals surface area contributed by atoms with Crippen LogP contribution in [0.5, 0.6) is 0 Å². The van der Waals surface area contributed by atoms with Crippen molar-refractivity contribution in [2.45, 2.75) is 11.9 Å². The first-order valence-corrected chi connectivity index (χ1v) is 9.16. The fraction of sp³-hybridized carbons (Fsp3) is 0.0769. The predicted octanol–water partition coefficient (Wildman–Crippen LogP) is 4.81. The highest BCUT2D eigenvalue weighted by Gasteiger charge is 2.30. The molecule has 0 aliphatic heterocycles. The van der Waals surface area contributed by atoms with Gasteiger partial charge in [-0.2, -0.15) is 0 Å². The second-order valence-electron chi connectivity index (χ2n) is 3.81. The minimum atomic E-state index is -3.54. The summed E-state index contributed by atoms with van der Waals surface area (Å²) in [5.41, 5.74) is 0.596. The van der Waals surface area contributed by atoms with Crippen molar-refractivity contribution in [3.63, 3.8) is 0 Å². The summed E-state index contributed by atoms with van der Waals surface area (Å²) < 4.78 is 24.5. The first-order chi connectivity index (χ1) is 8.83. The van der Waals surface area contributed by atoms with E-state index in [0.717, 1.165) is 0 Å². The third-order valence-electron chi connectivity index (χ3n) is 2.54. The van der Waals surface area contributed by atoms with Gasteiger partial charge in [0.25, 0.3) is 0 Å². The Labute approximate surface area is 137 Å². The number of hydrogen-bond acceptors (Lipinski definition) is 2. The Morgan fingerprint density at radius 2 is 1.32 bits per heavy atom. The Bertz CT molecular complexity index is 677. The highest BCUT2D eigenvalue weighted by atomic mass is 80.0. The van der Waals surface area contributed by atoms with Crippen molar-refractivity contribution >= 4 is 57.6 Å². The largest absolute Gasteiger partial charge is 0.219 e. The molecule has 0 saturated carbocycles. The van der Waals surface area contributed by atoms with E-state index >= 15 is 0 Å². The van der Waals surface area contributed by atoms with Gasteiger partial charge in [0.1, 0.15) is 0 Å². The molecule has 2 rings (SSSR count). The van der Waals surface area contributed by atoms with Crippen LogP contribution < -0.4 is 0 Å². The van der Waals surface area contributed by atoms with Crippen molar-refractivity contribution in [2.75, 3.05) is 0 Å². The number of sulfone groups is 1. The zero-order chi connectivity index (χ0) is 14.1. The molecular formula is C13H9Br3O2S. The van der Waals surface area contributed by atoms with E-state index in [1.54, 1.807) is 54.6 Å². The van der Waals surface area contributed by atoms with Gasteiger partial charge in [-0.05, 0) is 18.2 Å². The zero-order valence-corrected chi connectivity index (χ0v) is 15.1. The smallest absolute Gasteiger partial charge is 0.206 e. The molecule has 2 nitrogen and oxygen atoms in total. The molecule has 0 bridgehead atoms. The predicted molar refractivity (Wildman–Crippen MR) is 86.8 cm³/mol. The highest BCUT2D eigenvalue weighted by Crippen LogP contribution is 2.47. The maximum atomic E-state index is 12.6. The van der Waals surface area contributed by atoms with E-state index in [2.05, 4.69) is 47.8 Å². The van der Waals surface area contributed by atoms with Gasteiger partial charge in [-0.25, -0.2) is 8.42 Å². The number of halogens is 3. The van der Waals surface area contributed by atoms with Crippen LogP contribution in [0.3, 0.4) is 0 Å². The molecule has 2 aromatic rings. The monoisotopic (exact) mass is 466 g/mol. The zero-order valence-electron chi connectivity index (χ0n) is 9.55. The van der Waals surface area contributed by atoms with Crippen LogP contribution in [0.4, 0.5) is 0 Å². The Balaban J connectivity index is 2.67. The van der Waals surface area contributed by atoms with E-state index in [9.17, 15) is 8.42 Å². The quantitative estimate of drug-likeness (QED) is 0.592. The number of benzene rings is 2. The molecule has 0 amide bonds. The van der Waals surface area contributed by atoms with Gasteiger partial charge in [-0.15, -0.1) is 0 Å². The summed E-state index contributed by atoms with van der Waals surface area (Å²) in [6, 6.07) is 15.2. The maximum absolute atomic E-state index is 12.6. The molecule has 0 atom stereocenters. The lowest BCUT2D eigenvalue weighted by Crippen LogP contribution is -2.10. The van der Waals surface area contributed by atoms with E-state index < -0.39 is 12.0 Å². The minimum Gasteiger partial charge on any atom is -0.219 e. The average Bonchev–Trinajstić information content (AvgIpc) is 2.39. The molecule has 0 saturated heterocycles. The average molecular weight is 469 g/mol.